The minimum Gasteiger partial charge on any atom is -0.477 e. The minimum absolute atomic E-state index is 0.125. The smallest absolute Gasteiger partial charge is 0.354 e. The van der Waals surface area contributed by atoms with Gasteiger partial charge >= 0.3 is 5.97 Å². The summed E-state index contributed by atoms with van der Waals surface area (Å²) in [5, 5.41) is 9.43. The molecule has 1 atom stereocenters. The molecule has 152 valence electrons. The van der Waals surface area contributed by atoms with E-state index in [1.165, 1.54) is 37.7 Å². The number of nitrogens with zero attached hydrogens (tertiary/aromatic N) is 1. The van der Waals surface area contributed by atoms with Crippen molar-refractivity contribution in [1.29, 1.82) is 0 Å². The number of aromatic nitrogens is 1. The first-order chi connectivity index (χ1) is 13.6. The Morgan fingerprint density at radius 2 is 1.71 bits per heavy atom. The molecule has 0 fully saturated rings. The number of carbonyl (C=O) groups is 1. The van der Waals surface area contributed by atoms with Crippen molar-refractivity contribution in [2.45, 2.75) is 78.6 Å². The zero-order valence-corrected chi connectivity index (χ0v) is 17.7. The van der Waals surface area contributed by atoms with Gasteiger partial charge in [0.1, 0.15) is 5.69 Å². The molecule has 1 N–H and O–H groups in total. The van der Waals surface area contributed by atoms with Crippen LogP contribution in [-0.2, 0) is 12.8 Å². The number of aryl methyl sites for hydroxylation is 1. The predicted molar refractivity (Wildman–Crippen MR) is 117 cm³/mol. The standard InChI is InChI=1S/C25H35NO2/c1-4-6-7-8-9-10-14-21-18-26-24(25(27)28)17-23(21)22-15-12-11-13-20(22)16-19(3)5-2/h11-13,15,17-19H,4-10,14,16H2,1-3H3,(H,27,28)/t19-/m0/s1. The number of carboxylic acid groups (broad SMARTS) is 1. The lowest BCUT2D eigenvalue weighted by Crippen LogP contribution is -2.05. The molecule has 28 heavy (non-hydrogen) atoms. The average Bonchev–Trinajstić information content (AvgIpc) is 2.71. The Labute approximate surface area is 170 Å². The fraction of sp³-hybridized carbons (Fsp3) is 0.520. The summed E-state index contributed by atoms with van der Waals surface area (Å²) in [6.07, 6.45) is 12.4. The van der Waals surface area contributed by atoms with Crippen LogP contribution in [-0.4, -0.2) is 16.1 Å². The van der Waals surface area contributed by atoms with Gasteiger partial charge in [-0.25, -0.2) is 9.78 Å². The maximum Gasteiger partial charge on any atom is 0.354 e. The highest BCUT2D eigenvalue weighted by atomic mass is 16.4. The molecular formula is C25H35NO2. The third-order valence-electron chi connectivity index (χ3n) is 5.58. The van der Waals surface area contributed by atoms with E-state index in [1.54, 1.807) is 12.3 Å². The first kappa shape index (κ1) is 22.1. The minimum atomic E-state index is -0.966. The summed E-state index contributed by atoms with van der Waals surface area (Å²) in [6.45, 7) is 6.72. The van der Waals surface area contributed by atoms with Gasteiger partial charge in [0.2, 0.25) is 0 Å². The van der Waals surface area contributed by atoms with E-state index in [4.69, 9.17) is 0 Å². The second kappa shape index (κ2) is 11.6. The molecule has 2 rings (SSSR count). The van der Waals surface area contributed by atoms with Crippen molar-refractivity contribution in [2.75, 3.05) is 0 Å². The van der Waals surface area contributed by atoms with Gasteiger partial charge in [-0.05, 0) is 53.5 Å². The Hall–Kier alpha value is -2.16. The number of pyridine rings is 1. The molecule has 0 bridgehead atoms. The molecule has 1 aromatic carbocycles. The van der Waals surface area contributed by atoms with Gasteiger partial charge in [-0.15, -0.1) is 0 Å². The largest absolute Gasteiger partial charge is 0.477 e. The molecule has 0 spiro atoms. The monoisotopic (exact) mass is 381 g/mol. The summed E-state index contributed by atoms with van der Waals surface area (Å²) < 4.78 is 0. The lowest BCUT2D eigenvalue weighted by molar-refractivity contribution is 0.0690. The van der Waals surface area contributed by atoms with Crippen LogP contribution < -0.4 is 0 Å². The molecule has 1 aromatic heterocycles. The number of hydrogen-bond acceptors (Lipinski definition) is 2. The molecule has 0 aliphatic heterocycles. The maximum atomic E-state index is 11.5. The number of unbranched alkanes of at least 4 members (excludes halogenated alkanes) is 5. The molecule has 0 aliphatic carbocycles. The van der Waals surface area contributed by atoms with E-state index in [2.05, 4.69) is 44.0 Å². The molecule has 0 aliphatic rings. The van der Waals surface area contributed by atoms with Gasteiger partial charge in [0.15, 0.2) is 0 Å². The van der Waals surface area contributed by atoms with Gasteiger partial charge in [0.05, 0.1) is 0 Å². The van der Waals surface area contributed by atoms with Crippen molar-refractivity contribution < 1.29 is 9.90 Å². The highest BCUT2D eigenvalue weighted by Crippen LogP contribution is 2.30. The molecule has 0 unspecified atom stereocenters. The molecule has 0 radical (unpaired) electrons. The fourth-order valence-corrected chi connectivity index (χ4v) is 3.63. The molecule has 3 nitrogen and oxygen atoms in total. The van der Waals surface area contributed by atoms with Crippen molar-refractivity contribution >= 4 is 5.97 Å². The molecule has 2 aromatic rings. The first-order valence-corrected chi connectivity index (χ1v) is 10.9. The Balaban J connectivity index is 2.28. The van der Waals surface area contributed by atoms with Gasteiger partial charge in [0, 0.05) is 6.20 Å². The van der Waals surface area contributed by atoms with Gasteiger partial charge in [0.25, 0.3) is 0 Å². The molecular weight excluding hydrogens is 346 g/mol. The van der Waals surface area contributed by atoms with Crippen LogP contribution in [0.1, 0.15) is 87.3 Å². The van der Waals surface area contributed by atoms with Gasteiger partial charge in [-0.2, -0.15) is 0 Å². The lowest BCUT2D eigenvalue weighted by atomic mass is 9.89. The summed E-state index contributed by atoms with van der Waals surface area (Å²) in [5.41, 5.74) is 4.79. The van der Waals surface area contributed by atoms with Crippen LogP contribution in [0.25, 0.3) is 11.1 Å². The van der Waals surface area contributed by atoms with Crippen molar-refractivity contribution in [2.24, 2.45) is 5.92 Å². The molecule has 0 amide bonds. The van der Waals surface area contributed by atoms with E-state index >= 15 is 0 Å². The predicted octanol–water partition coefficient (Wildman–Crippen LogP) is 6.94. The topological polar surface area (TPSA) is 50.2 Å². The number of aromatic carboxylic acids is 1. The maximum absolute atomic E-state index is 11.5. The lowest BCUT2D eigenvalue weighted by Gasteiger charge is -2.17. The van der Waals surface area contributed by atoms with Crippen LogP contribution in [0.15, 0.2) is 36.5 Å². The number of hydrogen-bond donors (Lipinski definition) is 1. The Bertz CT molecular complexity index is 754. The van der Waals surface area contributed by atoms with E-state index < -0.39 is 5.97 Å². The first-order valence-electron chi connectivity index (χ1n) is 10.9. The third-order valence-corrected chi connectivity index (χ3v) is 5.58. The van der Waals surface area contributed by atoms with Crippen LogP contribution in [0.5, 0.6) is 0 Å². The van der Waals surface area contributed by atoms with E-state index in [0.29, 0.717) is 5.92 Å². The van der Waals surface area contributed by atoms with Crippen LogP contribution >= 0.6 is 0 Å². The molecule has 0 saturated heterocycles. The summed E-state index contributed by atoms with van der Waals surface area (Å²) >= 11 is 0. The SMILES string of the molecule is CCCCCCCCc1cnc(C(=O)O)cc1-c1ccccc1C[C@@H](C)CC. The normalized spacial score (nSPS) is 12.1. The van der Waals surface area contributed by atoms with Gasteiger partial charge in [-0.3, -0.25) is 0 Å². The van der Waals surface area contributed by atoms with Crippen LogP contribution in [0, 0.1) is 5.92 Å². The number of carboxylic acids is 1. The quantitative estimate of drug-likeness (QED) is 0.405. The zero-order chi connectivity index (χ0) is 20.4. The van der Waals surface area contributed by atoms with Crippen LogP contribution in [0.2, 0.25) is 0 Å². The summed E-state index contributed by atoms with van der Waals surface area (Å²) in [5.74, 6) is -0.365. The molecule has 1 heterocycles. The highest BCUT2D eigenvalue weighted by molar-refractivity contribution is 5.88. The van der Waals surface area contributed by atoms with Crippen molar-refractivity contribution in [3.63, 3.8) is 0 Å². The summed E-state index contributed by atoms with van der Waals surface area (Å²) in [4.78, 5) is 15.7. The van der Waals surface area contributed by atoms with Crippen LogP contribution in [0.4, 0.5) is 0 Å². The van der Waals surface area contributed by atoms with Gasteiger partial charge in [-0.1, -0.05) is 83.6 Å². The molecule has 3 heteroatoms. The Kier molecular flexibility index (Phi) is 9.19. The second-order valence-electron chi connectivity index (χ2n) is 7.92. The van der Waals surface area contributed by atoms with E-state index in [1.807, 2.05) is 6.07 Å². The fourth-order valence-electron chi connectivity index (χ4n) is 3.63. The highest BCUT2D eigenvalue weighted by Gasteiger charge is 2.15. The Morgan fingerprint density at radius 1 is 1.00 bits per heavy atom. The van der Waals surface area contributed by atoms with E-state index in [9.17, 15) is 9.90 Å². The second-order valence-corrected chi connectivity index (χ2v) is 7.92. The van der Waals surface area contributed by atoms with Crippen LogP contribution in [0.3, 0.4) is 0 Å². The third kappa shape index (κ3) is 6.47. The van der Waals surface area contributed by atoms with Gasteiger partial charge < -0.3 is 5.11 Å². The summed E-state index contributed by atoms with van der Waals surface area (Å²) in [6, 6.07) is 10.2. The van der Waals surface area contributed by atoms with E-state index in [-0.39, 0.29) is 5.69 Å². The molecule has 0 saturated carbocycles. The number of rotatable bonds is 12. The number of benzene rings is 1. The zero-order valence-electron chi connectivity index (χ0n) is 17.7. The van der Waals surface area contributed by atoms with Crippen molar-refractivity contribution in [3.05, 3.63) is 53.3 Å². The average molecular weight is 382 g/mol. The summed E-state index contributed by atoms with van der Waals surface area (Å²) in [7, 11) is 0. The Morgan fingerprint density at radius 3 is 2.43 bits per heavy atom. The van der Waals surface area contributed by atoms with E-state index in [0.717, 1.165) is 42.4 Å². The van der Waals surface area contributed by atoms with Crippen molar-refractivity contribution in [1.82, 2.24) is 4.98 Å². The van der Waals surface area contributed by atoms with Crippen molar-refractivity contribution in [3.8, 4) is 11.1 Å².